The Balaban J connectivity index is 1.39. The molecule has 0 saturated heterocycles. The van der Waals surface area contributed by atoms with E-state index < -0.39 is 0 Å². The second-order valence-electron chi connectivity index (χ2n) is 6.08. The number of fused-ring (bicyclic) bond motifs is 1. The van der Waals surface area contributed by atoms with Crippen molar-refractivity contribution in [1.29, 1.82) is 0 Å². The molecule has 7 nitrogen and oxygen atoms in total. The molecular weight excluding hydrogens is 352 g/mol. The summed E-state index contributed by atoms with van der Waals surface area (Å²) in [6.07, 6.45) is 10.6. The Morgan fingerprint density at radius 1 is 0.893 bits per heavy atom. The predicted molar refractivity (Wildman–Crippen MR) is 105 cm³/mol. The molecule has 134 valence electrons. The first-order chi connectivity index (χ1) is 13.9. The summed E-state index contributed by atoms with van der Waals surface area (Å²) < 4.78 is 7.23. The fourth-order valence-corrected chi connectivity index (χ4v) is 2.86. The third-order valence-corrected chi connectivity index (χ3v) is 4.25. The lowest BCUT2D eigenvalue weighted by Crippen LogP contribution is -1.95. The van der Waals surface area contributed by atoms with Crippen molar-refractivity contribution < 1.29 is 4.52 Å². The van der Waals surface area contributed by atoms with Crippen LogP contribution in [0.1, 0.15) is 11.5 Å². The number of pyridine rings is 2. The van der Waals surface area contributed by atoms with E-state index in [-0.39, 0.29) is 0 Å². The second-order valence-corrected chi connectivity index (χ2v) is 6.08. The molecule has 28 heavy (non-hydrogen) atoms. The van der Waals surface area contributed by atoms with Gasteiger partial charge < -0.3 is 4.52 Å². The third-order valence-electron chi connectivity index (χ3n) is 4.25. The van der Waals surface area contributed by atoms with Crippen LogP contribution in [0.3, 0.4) is 0 Å². The van der Waals surface area contributed by atoms with Crippen LogP contribution < -0.4 is 0 Å². The van der Waals surface area contributed by atoms with Gasteiger partial charge in [0.1, 0.15) is 12.1 Å². The highest BCUT2D eigenvalue weighted by atomic mass is 16.5. The molecule has 0 aliphatic carbocycles. The van der Waals surface area contributed by atoms with Crippen LogP contribution in [0.2, 0.25) is 0 Å². The summed E-state index contributed by atoms with van der Waals surface area (Å²) in [7, 11) is 0. The van der Waals surface area contributed by atoms with Gasteiger partial charge in [-0.3, -0.25) is 9.55 Å². The molecule has 4 heterocycles. The summed E-state index contributed by atoms with van der Waals surface area (Å²) in [5.41, 5.74) is 3.67. The van der Waals surface area contributed by atoms with Crippen LogP contribution in [-0.2, 0) is 0 Å². The summed E-state index contributed by atoms with van der Waals surface area (Å²) >= 11 is 0. The number of hydrogen-bond acceptors (Lipinski definition) is 6. The molecule has 7 heteroatoms. The molecule has 5 aromatic rings. The van der Waals surface area contributed by atoms with Crippen LogP contribution in [0.15, 0.2) is 78.0 Å². The summed E-state index contributed by atoms with van der Waals surface area (Å²) in [5.74, 6) is 1.68. The smallest absolute Gasteiger partial charge is 0.250 e. The molecule has 0 amide bonds. The first-order valence-corrected chi connectivity index (χ1v) is 8.67. The number of benzene rings is 1. The molecular formula is C21H14N6O. The molecule has 0 N–H and O–H groups in total. The topological polar surface area (TPSA) is 82.5 Å². The molecule has 0 saturated carbocycles. The minimum Gasteiger partial charge on any atom is -0.334 e. The van der Waals surface area contributed by atoms with Gasteiger partial charge in [0.2, 0.25) is 5.82 Å². The molecule has 0 unspecified atom stereocenters. The first kappa shape index (κ1) is 16.1. The average Bonchev–Trinajstić information content (AvgIpc) is 3.40. The van der Waals surface area contributed by atoms with Gasteiger partial charge in [0.05, 0.1) is 11.0 Å². The molecule has 4 aromatic heterocycles. The van der Waals surface area contributed by atoms with E-state index in [2.05, 4.69) is 25.1 Å². The molecule has 0 radical (unpaired) electrons. The number of aromatic nitrogens is 6. The number of imidazole rings is 1. The van der Waals surface area contributed by atoms with E-state index >= 15 is 0 Å². The Morgan fingerprint density at radius 3 is 2.71 bits per heavy atom. The predicted octanol–water partition coefficient (Wildman–Crippen LogP) is 4.04. The standard InChI is InChI=1S/C21H14N6O/c1-2-6-18-17(5-1)24-14-27(18)19-9-8-16(13-23-19)21-25-20(28-26-21)10-7-15-4-3-11-22-12-15/h1-14H/b10-7+. The molecule has 1 aromatic carbocycles. The highest BCUT2D eigenvalue weighted by Crippen LogP contribution is 2.20. The van der Waals surface area contributed by atoms with Crippen LogP contribution in [0.4, 0.5) is 0 Å². The van der Waals surface area contributed by atoms with Crippen molar-refractivity contribution >= 4 is 23.2 Å². The van der Waals surface area contributed by atoms with Crippen molar-refractivity contribution in [3.05, 3.63) is 84.9 Å². The van der Waals surface area contributed by atoms with Gasteiger partial charge in [-0.05, 0) is 42.0 Å². The SMILES string of the molecule is C(=C\c1nc(-c2ccc(-n3cnc4ccccc43)nc2)no1)/c1cccnc1. The molecule has 0 bridgehead atoms. The summed E-state index contributed by atoms with van der Waals surface area (Å²) in [6.45, 7) is 0. The number of hydrogen-bond donors (Lipinski definition) is 0. The molecule has 5 rings (SSSR count). The van der Waals surface area contributed by atoms with Gasteiger partial charge in [-0.1, -0.05) is 23.4 Å². The summed E-state index contributed by atoms with van der Waals surface area (Å²) in [6, 6.07) is 15.6. The lowest BCUT2D eigenvalue weighted by atomic mass is 10.2. The van der Waals surface area contributed by atoms with Gasteiger partial charge in [-0.25, -0.2) is 9.97 Å². The maximum atomic E-state index is 5.29. The van der Waals surface area contributed by atoms with Crippen molar-refractivity contribution in [2.24, 2.45) is 0 Å². The minimum atomic E-state index is 0.420. The van der Waals surface area contributed by atoms with Gasteiger partial charge >= 0.3 is 0 Å². The van der Waals surface area contributed by atoms with Crippen LogP contribution in [0, 0.1) is 0 Å². The molecule has 0 aliphatic rings. The maximum absolute atomic E-state index is 5.29. The van der Waals surface area contributed by atoms with E-state index in [4.69, 9.17) is 4.52 Å². The molecule has 0 spiro atoms. The third kappa shape index (κ3) is 3.05. The van der Waals surface area contributed by atoms with E-state index in [1.54, 1.807) is 31.0 Å². The maximum Gasteiger partial charge on any atom is 0.250 e. The molecule has 0 fully saturated rings. The van der Waals surface area contributed by atoms with E-state index in [0.29, 0.717) is 11.7 Å². The van der Waals surface area contributed by atoms with Crippen LogP contribution in [0.5, 0.6) is 0 Å². The zero-order valence-electron chi connectivity index (χ0n) is 14.7. The lowest BCUT2D eigenvalue weighted by Gasteiger charge is -2.03. The van der Waals surface area contributed by atoms with Gasteiger partial charge in [-0.2, -0.15) is 4.98 Å². The van der Waals surface area contributed by atoms with Crippen LogP contribution in [0.25, 0.3) is 40.4 Å². The lowest BCUT2D eigenvalue weighted by molar-refractivity contribution is 0.411. The number of rotatable bonds is 4. The van der Waals surface area contributed by atoms with Crippen molar-refractivity contribution in [3.8, 4) is 17.2 Å². The van der Waals surface area contributed by atoms with E-state index in [0.717, 1.165) is 28.0 Å². The van der Waals surface area contributed by atoms with Crippen molar-refractivity contribution in [3.63, 3.8) is 0 Å². The van der Waals surface area contributed by atoms with E-state index in [9.17, 15) is 0 Å². The zero-order valence-corrected chi connectivity index (χ0v) is 14.7. The fraction of sp³-hybridized carbons (Fsp3) is 0. The van der Waals surface area contributed by atoms with Gasteiger partial charge in [0, 0.05) is 30.2 Å². The van der Waals surface area contributed by atoms with Crippen molar-refractivity contribution in [1.82, 2.24) is 29.7 Å². The monoisotopic (exact) mass is 366 g/mol. The summed E-state index contributed by atoms with van der Waals surface area (Å²) in [4.78, 5) is 17.4. The Hall–Kier alpha value is -4.13. The minimum absolute atomic E-state index is 0.420. The molecule has 0 aliphatic heterocycles. The Morgan fingerprint density at radius 2 is 1.86 bits per heavy atom. The molecule has 0 atom stereocenters. The van der Waals surface area contributed by atoms with Gasteiger partial charge in [-0.15, -0.1) is 0 Å². The van der Waals surface area contributed by atoms with Crippen molar-refractivity contribution in [2.75, 3.05) is 0 Å². The highest BCUT2D eigenvalue weighted by Gasteiger charge is 2.09. The Labute approximate surface area is 160 Å². The Bertz CT molecular complexity index is 1260. The van der Waals surface area contributed by atoms with Gasteiger partial charge in [0.15, 0.2) is 0 Å². The van der Waals surface area contributed by atoms with E-state index in [1.807, 2.05) is 59.2 Å². The van der Waals surface area contributed by atoms with Crippen LogP contribution in [-0.4, -0.2) is 29.7 Å². The number of para-hydroxylation sites is 2. The fourth-order valence-electron chi connectivity index (χ4n) is 2.86. The zero-order chi connectivity index (χ0) is 18.8. The second kappa shape index (κ2) is 6.88. The largest absolute Gasteiger partial charge is 0.334 e. The quantitative estimate of drug-likeness (QED) is 0.477. The summed E-state index contributed by atoms with van der Waals surface area (Å²) in [5, 5.41) is 4.03. The normalized spacial score (nSPS) is 11.4. The Kier molecular flexibility index (Phi) is 3.95. The van der Waals surface area contributed by atoms with Gasteiger partial charge in [0.25, 0.3) is 5.89 Å². The van der Waals surface area contributed by atoms with Crippen molar-refractivity contribution in [2.45, 2.75) is 0 Å². The highest BCUT2D eigenvalue weighted by molar-refractivity contribution is 5.76. The average molecular weight is 366 g/mol. The first-order valence-electron chi connectivity index (χ1n) is 8.67. The van der Waals surface area contributed by atoms with Crippen LogP contribution >= 0.6 is 0 Å². The number of nitrogens with zero attached hydrogens (tertiary/aromatic N) is 6. The van der Waals surface area contributed by atoms with E-state index in [1.165, 1.54) is 0 Å².